The molecule has 3 N–H and O–H groups in total. The van der Waals surface area contributed by atoms with Crippen molar-refractivity contribution in [3.63, 3.8) is 0 Å². The zero-order chi connectivity index (χ0) is 13.2. The van der Waals surface area contributed by atoms with Crippen molar-refractivity contribution in [2.45, 2.75) is 25.3 Å². The van der Waals surface area contributed by atoms with Gasteiger partial charge >= 0.3 is 0 Å². The normalized spacial score (nSPS) is 12.3. The van der Waals surface area contributed by atoms with Gasteiger partial charge in [0.05, 0.1) is 12.6 Å². The van der Waals surface area contributed by atoms with E-state index in [1.807, 2.05) is 18.2 Å². The highest BCUT2D eigenvalue weighted by atomic mass is 16.5. The SMILES string of the molecule is COCC(NCCCCC(N)=O)c1ccccc1. The second kappa shape index (κ2) is 8.66. The molecule has 0 saturated carbocycles. The maximum Gasteiger partial charge on any atom is 0.217 e. The van der Waals surface area contributed by atoms with Crippen LogP contribution in [0.15, 0.2) is 30.3 Å². The number of unbranched alkanes of at least 4 members (excludes halogenated alkanes) is 1. The second-order valence-electron chi connectivity index (χ2n) is 4.30. The maximum absolute atomic E-state index is 10.6. The lowest BCUT2D eigenvalue weighted by molar-refractivity contribution is -0.118. The molecular weight excluding hydrogens is 228 g/mol. The van der Waals surface area contributed by atoms with Crippen molar-refractivity contribution >= 4 is 5.91 Å². The average molecular weight is 250 g/mol. The van der Waals surface area contributed by atoms with Crippen LogP contribution in [-0.2, 0) is 9.53 Å². The van der Waals surface area contributed by atoms with Crippen LogP contribution < -0.4 is 11.1 Å². The first-order chi connectivity index (χ1) is 8.74. The summed E-state index contributed by atoms with van der Waals surface area (Å²) in [6.45, 7) is 1.50. The average Bonchev–Trinajstić information content (AvgIpc) is 2.38. The molecule has 0 aliphatic rings. The first-order valence-electron chi connectivity index (χ1n) is 6.29. The predicted octanol–water partition coefficient (Wildman–Crippen LogP) is 1.62. The molecule has 1 amide bonds. The molecule has 0 spiro atoms. The number of hydrogen-bond donors (Lipinski definition) is 2. The van der Waals surface area contributed by atoms with Gasteiger partial charge in [0.1, 0.15) is 0 Å². The van der Waals surface area contributed by atoms with Crippen LogP contribution in [0.3, 0.4) is 0 Å². The van der Waals surface area contributed by atoms with Crippen molar-refractivity contribution < 1.29 is 9.53 Å². The number of nitrogens with two attached hydrogens (primary N) is 1. The van der Waals surface area contributed by atoms with Crippen LogP contribution in [0.4, 0.5) is 0 Å². The van der Waals surface area contributed by atoms with Crippen LogP contribution in [0.5, 0.6) is 0 Å². The van der Waals surface area contributed by atoms with E-state index in [0.717, 1.165) is 19.4 Å². The topological polar surface area (TPSA) is 64.3 Å². The van der Waals surface area contributed by atoms with Gasteiger partial charge in [0.2, 0.25) is 5.91 Å². The zero-order valence-electron chi connectivity index (χ0n) is 10.9. The Hall–Kier alpha value is -1.39. The first-order valence-corrected chi connectivity index (χ1v) is 6.29. The number of ether oxygens (including phenoxy) is 1. The Labute approximate surface area is 109 Å². The van der Waals surface area contributed by atoms with Gasteiger partial charge in [0.15, 0.2) is 0 Å². The third-order valence-electron chi connectivity index (χ3n) is 2.78. The van der Waals surface area contributed by atoms with E-state index in [4.69, 9.17) is 10.5 Å². The lowest BCUT2D eigenvalue weighted by atomic mass is 10.1. The number of rotatable bonds is 9. The molecule has 100 valence electrons. The number of benzene rings is 1. The molecule has 4 heteroatoms. The number of primary amides is 1. The van der Waals surface area contributed by atoms with Crippen LogP contribution in [0.1, 0.15) is 30.9 Å². The minimum absolute atomic E-state index is 0.199. The third-order valence-corrected chi connectivity index (χ3v) is 2.78. The molecular formula is C14H22N2O2. The Morgan fingerprint density at radius 1 is 1.33 bits per heavy atom. The van der Waals surface area contributed by atoms with Crippen LogP contribution >= 0.6 is 0 Å². The van der Waals surface area contributed by atoms with Crippen molar-refractivity contribution in [3.05, 3.63) is 35.9 Å². The Kier molecular flexibility index (Phi) is 7.06. The van der Waals surface area contributed by atoms with Crippen molar-refractivity contribution in [2.75, 3.05) is 20.3 Å². The van der Waals surface area contributed by atoms with Gasteiger partial charge < -0.3 is 15.8 Å². The van der Waals surface area contributed by atoms with E-state index in [9.17, 15) is 4.79 Å². The number of nitrogens with one attached hydrogen (secondary N) is 1. The molecule has 1 aromatic carbocycles. The van der Waals surface area contributed by atoms with Gasteiger partial charge in [-0.3, -0.25) is 4.79 Å². The minimum Gasteiger partial charge on any atom is -0.383 e. The number of carbonyl (C=O) groups is 1. The fourth-order valence-corrected chi connectivity index (χ4v) is 1.83. The third kappa shape index (κ3) is 5.80. The fraction of sp³-hybridized carbons (Fsp3) is 0.500. The van der Waals surface area contributed by atoms with E-state index in [-0.39, 0.29) is 11.9 Å². The monoisotopic (exact) mass is 250 g/mol. The summed E-state index contributed by atoms with van der Waals surface area (Å²) in [4.78, 5) is 10.6. The smallest absolute Gasteiger partial charge is 0.217 e. The van der Waals surface area contributed by atoms with Gasteiger partial charge in [-0.15, -0.1) is 0 Å². The summed E-state index contributed by atoms with van der Waals surface area (Å²) in [5.74, 6) is -0.230. The highest BCUT2D eigenvalue weighted by Crippen LogP contribution is 2.12. The summed E-state index contributed by atoms with van der Waals surface area (Å²) in [5.41, 5.74) is 6.31. The Bertz CT molecular complexity index is 341. The van der Waals surface area contributed by atoms with Gasteiger partial charge in [-0.2, -0.15) is 0 Å². The highest BCUT2D eigenvalue weighted by Gasteiger charge is 2.09. The van der Waals surface area contributed by atoms with Crippen LogP contribution in [0.25, 0.3) is 0 Å². The molecule has 0 heterocycles. The van der Waals surface area contributed by atoms with E-state index in [0.29, 0.717) is 13.0 Å². The molecule has 0 aromatic heterocycles. The lowest BCUT2D eigenvalue weighted by Crippen LogP contribution is -2.26. The molecule has 0 bridgehead atoms. The summed E-state index contributed by atoms with van der Waals surface area (Å²) >= 11 is 0. The fourth-order valence-electron chi connectivity index (χ4n) is 1.83. The van der Waals surface area contributed by atoms with E-state index in [2.05, 4.69) is 17.4 Å². The number of methoxy groups -OCH3 is 1. The number of amides is 1. The van der Waals surface area contributed by atoms with E-state index in [1.54, 1.807) is 7.11 Å². The summed E-state index contributed by atoms with van der Waals surface area (Å²) in [6.07, 6.45) is 2.23. The van der Waals surface area contributed by atoms with Gasteiger partial charge in [0.25, 0.3) is 0 Å². The van der Waals surface area contributed by atoms with E-state index < -0.39 is 0 Å². The molecule has 1 unspecified atom stereocenters. The number of hydrogen-bond acceptors (Lipinski definition) is 3. The Balaban J connectivity index is 2.33. The lowest BCUT2D eigenvalue weighted by Gasteiger charge is -2.18. The van der Waals surface area contributed by atoms with Gasteiger partial charge in [-0.1, -0.05) is 30.3 Å². The summed E-state index contributed by atoms with van der Waals surface area (Å²) < 4.78 is 5.22. The quantitative estimate of drug-likeness (QED) is 0.655. The summed E-state index contributed by atoms with van der Waals surface area (Å²) in [5, 5.41) is 3.43. The van der Waals surface area contributed by atoms with Crippen LogP contribution in [0, 0.1) is 0 Å². The molecule has 1 rings (SSSR count). The van der Waals surface area contributed by atoms with Crippen molar-refractivity contribution in [1.29, 1.82) is 0 Å². The maximum atomic E-state index is 10.6. The molecule has 0 fully saturated rings. The molecule has 0 saturated heterocycles. The van der Waals surface area contributed by atoms with E-state index in [1.165, 1.54) is 5.56 Å². The molecule has 1 aromatic rings. The standard InChI is InChI=1S/C14H22N2O2/c1-18-11-13(12-7-3-2-4-8-12)16-10-6-5-9-14(15)17/h2-4,7-8,13,16H,5-6,9-11H2,1H3,(H2,15,17). The Morgan fingerprint density at radius 3 is 2.67 bits per heavy atom. The first kappa shape index (κ1) is 14.7. The molecule has 1 atom stereocenters. The highest BCUT2D eigenvalue weighted by molar-refractivity contribution is 5.73. The van der Waals surface area contributed by atoms with Crippen molar-refractivity contribution in [1.82, 2.24) is 5.32 Å². The minimum atomic E-state index is -0.230. The van der Waals surface area contributed by atoms with Gasteiger partial charge in [0, 0.05) is 13.5 Å². The van der Waals surface area contributed by atoms with Crippen molar-refractivity contribution in [3.8, 4) is 0 Å². The van der Waals surface area contributed by atoms with E-state index >= 15 is 0 Å². The van der Waals surface area contributed by atoms with Gasteiger partial charge in [-0.25, -0.2) is 0 Å². The Morgan fingerprint density at radius 2 is 2.06 bits per heavy atom. The molecule has 0 aliphatic heterocycles. The zero-order valence-corrected chi connectivity index (χ0v) is 10.9. The molecule has 0 aliphatic carbocycles. The molecule has 0 radical (unpaired) electrons. The predicted molar refractivity (Wildman–Crippen MR) is 72.1 cm³/mol. The second-order valence-corrected chi connectivity index (χ2v) is 4.30. The van der Waals surface area contributed by atoms with Crippen LogP contribution in [-0.4, -0.2) is 26.2 Å². The van der Waals surface area contributed by atoms with Gasteiger partial charge in [-0.05, 0) is 24.9 Å². The van der Waals surface area contributed by atoms with Crippen LogP contribution in [0.2, 0.25) is 0 Å². The number of carbonyl (C=O) groups excluding carboxylic acids is 1. The summed E-state index contributed by atoms with van der Waals surface area (Å²) in [7, 11) is 1.70. The molecule has 4 nitrogen and oxygen atoms in total. The summed E-state index contributed by atoms with van der Waals surface area (Å²) in [6, 6.07) is 10.4. The van der Waals surface area contributed by atoms with Crippen molar-refractivity contribution in [2.24, 2.45) is 5.73 Å². The largest absolute Gasteiger partial charge is 0.383 e. The molecule has 18 heavy (non-hydrogen) atoms.